The van der Waals surface area contributed by atoms with E-state index in [0.29, 0.717) is 23.7 Å². The highest BCUT2D eigenvalue weighted by Gasteiger charge is 2.34. The predicted molar refractivity (Wildman–Crippen MR) is 119 cm³/mol. The molecule has 2 heterocycles. The van der Waals surface area contributed by atoms with Crippen LogP contribution in [0, 0.1) is 0 Å². The van der Waals surface area contributed by atoms with Crippen LogP contribution in [0.5, 0.6) is 0 Å². The Labute approximate surface area is 187 Å². The molecule has 31 heavy (non-hydrogen) atoms. The lowest BCUT2D eigenvalue weighted by Crippen LogP contribution is -2.50. The van der Waals surface area contributed by atoms with Gasteiger partial charge in [0.25, 0.3) is 5.91 Å². The van der Waals surface area contributed by atoms with Crippen molar-refractivity contribution in [3.63, 3.8) is 0 Å². The number of carbonyl (C=O) groups is 2. The minimum atomic E-state index is -0.498. The number of carbonyl (C=O) groups excluding carboxylic acids is 2. The fraction of sp³-hybridized carbons (Fsp3) is 0.522. The van der Waals surface area contributed by atoms with Gasteiger partial charge in [-0.3, -0.25) is 14.3 Å². The molecular formula is C23H29ClN4O3. The fourth-order valence-electron chi connectivity index (χ4n) is 4.50. The van der Waals surface area contributed by atoms with Crippen LogP contribution in [0.15, 0.2) is 30.3 Å². The van der Waals surface area contributed by atoms with Gasteiger partial charge in [0, 0.05) is 17.1 Å². The molecule has 166 valence electrons. The maximum absolute atomic E-state index is 13.2. The Hall–Kier alpha value is -2.38. The first-order valence-corrected chi connectivity index (χ1v) is 11.5. The van der Waals surface area contributed by atoms with Crippen molar-refractivity contribution in [2.24, 2.45) is 0 Å². The molecule has 1 aliphatic heterocycles. The number of fused-ring (bicyclic) bond motifs is 1. The van der Waals surface area contributed by atoms with Gasteiger partial charge in [-0.15, -0.1) is 0 Å². The van der Waals surface area contributed by atoms with Gasteiger partial charge in [-0.1, -0.05) is 43.5 Å². The predicted octanol–water partition coefficient (Wildman–Crippen LogP) is 3.42. The van der Waals surface area contributed by atoms with Crippen molar-refractivity contribution in [2.45, 2.75) is 63.6 Å². The van der Waals surface area contributed by atoms with Crippen LogP contribution in [-0.4, -0.2) is 56.8 Å². The summed E-state index contributed by atoms with van der Waals surface area (Å²) in [5.74, 6) is -0.415. The molecule has 4 rings (SSSR count). The standard InChI is InChI=1S/C23H29ClN4O3/c1-2-3-5-17-13-27(14-22(30)25-18-6-4-7-21(18)29)23(31)20-12-19(26-28(17)20)15-8-10-16(24)11-9-15/h8-12,17-18,21,29H,2-7,13-14H2,1H3,(H,25,30)/t17?,18-,21-/m1/s1. The van der Waals surface area contributed by atoms with Crippen molar-refractivity contribution >= 4 is 23.4 Å². The maximum Gasteiger partial charge on any atom is 0.272 e. The number of aromatic nitrogens is 2. The van der Waals surface area contributed by atoms with Gasteiger partial charge in [0.2, 0.25) is 5.91 Å². The quantitative estimate of drug-likeness (QED) is 0.685. The molecule has 1 unspecified atom stereocenters. The van der Waals surface area contributed by atoms with E-state index in [1.54, 1.807) is 23.1 Å². The number of aliphatic hydroxyl groups excluding tert-OH is 1. The van der Waals surface area contributed by atoms with Gasteiger partial charge in [-0.05, 0) is 43.9 Å². The van der Waals surface area contributed by atoms with Crippen LogP contribution in [-0.2, 0) is 4.79 Å². The molecule has 7 nitrogen and oxygen atoms in total. The fourth-order valence-corrected chi connectivity index (χ4v) is 4.62. The molecule has 0 radical (unpaired) electrons. The first-order valence-electron chi connectivity index (χ1n) is 11.1. The van der Waals surface area contributed by atoms with Crippen molar-refractivity contribution in [3.05, 3.63) is 41.0 Å². The molecule has 8 heteroatoms. The van der Waals surface area contributed by atoms with E-state index in [1.165, 1.54) is 0 Å². The Balaban J connectivity index is 1.54. The monoisotopic (exact) mass is 444 g/mol. The molecule has 2 N–H and O–H groups in total. The zero-order chi connectivity index (χ0) is 22.0. The van der Waals surface area contributed by atoms with E-state index in [2.05, 4.69) is 12.2 Å². The van der Waals surface area contributed by atoms with Gasteiger partial charge < -0.3 is 15.3 Å². The lowest BCUT2D eigenvalue weighted by atomic mass is 10.1. The van der Waals surface area contributed by atoms with Gasteiger partial charge in [0.1, 0.15) is 5.69 Å². The third-order valence-electron chi connectivity index (χ3n) is 6.21. The van der Waals surface area contributed by atoms with Crippen LogP contribution >= 0.6 is 11.6 Å². The Morgan fingerprint density at radius 2 is 2.06 bits per heavy atom. The van der Waals surface area contributed by atoms with E-state index in [0.717, 1.165) is 43.4 Å². The van der Waals surface area contributed by atoms with Crippen LogP contribution in [0.1, 0.15) is 62.0 Å². The Morgan fingerprint density at radius 1 is 1.29 bits per heavy atom. The number of benzene rings is 1. The lowest BCUT2D eigenvalue weighted by Gasteiger charge is -2.33. The topological polar surface area (TPSA) is 87.5 Å². The summed E-state index contributed by atoms with van der Waals surface area (Å²) >= 11 is 6.00. The molecule has 0 saturated heterocycles. The molecule has 1 aromatic carbocycles. The van der Waals surface area contributed by atoms with Crippen LogP contribution < -0.4 is 5.32 Å². The minimum Gasteiger partial charge on any atom is -0.391 e. The second-order valence-electron chi connectivity index (χ2n) is 8.52. The number of halogens is 1. The van der Waals surface area contributed by atoms with Gasteiger partial charge in [-0.25, -0.2) is 0 Å². The second kappa shape index (κ2) is 9.40. The molecule has 0 spiro atoms. The van der Waals surface area contributed by atoms with Crippen molar-refractivity contribution in [1.82, 2.24) is 20.0 Å². The highest BCUT2D eigenvalue weighted by molar-refractivity contribution is 6.30. The zero-order valence-electron chi connectivity index (χ0n) is 17.8. The average Bonchev–Trinajstić information content (AvgIpc) is 3.37. The molecule has 2 amide bonds. The number of aliphatic hydroxyl groups is 1. The van der Waals surface area contributed by atoms with E-state index >= 15 is 0 Å². The Kier molecular flexibility index (Phi) is 6.62. The maximum atomic E-state index is 13.2. The first-order chi connectivity index (χ1) is 15.0. The smallest absolute Gasteiger partial charge is 0.272 e. The van der Waals surface area contributed by atoms with Crippen molar-refractivity contribution in [3.8, 4) is 11.3 Å². The Morgan fingerprint density at radius 3 is 2.74 bits per heavy atom. The summed E-state index contributed by atoms with van der Waals surface area (Å²) in [5.41, 5.74) is 2.13. The second-order valence-corrected chi connectivity index (χ2v) is 8.96. The molecule has 1 aromatic heterocycles. The number of rotatable bonds is 7. The SMILES string of the molecule is CCCCC1CN(CC(=O)N[C@@H]2CCC[C@H]2O)C(=O)c2cc(-c3ccc(Cl)cc3)nn21. The number of unbranched alkanes of at least 4 members (excludes halogenated alkanes) is 1. The van der Waals surface area contributed by atoms with Crippen LogP contribution in [0.25, 0.3) is 11.3 Å². The van der Waals surface area contributed by atoms with Crippen molar-refractivity contribution in [1.29, 1.82) is 0 Å². The molecular weight excluding hydrogens is 416 g/mol. The molecule has 1 saturated carbocycles. The molecule has 0 bridgehead atoms. The van der Waals surface area contributed by atoms with Gasteiger partial charge in [-0.2, -0.15) is 5.10 Å². The number of nitrogens with zero attached hydrogens (tertiary/aromatic N) is 3. The largest absolute Gasteiger partial charge is 0.391 e. The first kappa shape index (κ1) is 21.8. The molecule has 2 aromatic rings. The summed E-state index contributed by atoms with van der Waals surface area (Å²) in [4.78, 5) is 27.4. The van der Waals surface area contributed by atoms with Crippen LogP contribution in [0.3, 0.4) is 0 Å². The van der Waals surface area contributed by atoms with Gasteiger partial charge in [0.15, 0.2) is 0 Å². The van der Waals surface area contributed by atoms with E-state index in [9.17, 15) is 14.7 Å². The van der Waals surface area contributed by atoms with Crippen LogP contribution in [0.2, 0.25) is 5.02 Å². The highest BCUT2D eigenvalue weighted by Crippen LogP contribution is 2.29. The summed E-state index contributed by atoms with van der Waals surface area (Å²) in [6, 6.07) is 9.00. The molecule has 1 fully saturated rings. The molecule has 2 aliphatic rings. The third-order valence-corrected chi connectivity index (χ3v) is 6.46. The minimum absolute atomic E-state index is 0.00780. The summed E-state index contributed by atoms with van der Waals surface area (Å²) in [7, 11) is 0. The highest BCUT2D eigenvalue weighted by atomic mass is 35.5. The van der Waals surface area contributed by atoms with E-state index < -0.39 is 6.10 Å². The third kappa shape index (κ3) is 4.77. The summed E-state index contributed by atoms with van der Waals surface area (Å²) in [6.45, 7) is 2.58. The van der Waals surface area contributed by atoms with Gasteiger partial charge >= 0.3 is 0 Å². The van der Waals surface area contributed by atoms with Crippen LogP contribution in [0.4, 0.5) is 0 Å². The number of hydrogen-bond acceptors (Lipinski definition) is 4. The van der Waals surface area contributed by atoms with E-state index in [1.807, 2.05) is 16.8 Å². The number of amides is 2. The average molecular weight is 445 g/mol. The Bertz CT molecular complexity index is 943. The van der Waals surface area contributed by atoms with E-state index in [4.69, 9.17) is 16.7 Å². The van der Waals surface area contributed by atoms with Crippen molar-refractivity contribution < 1.29 is 14.7 Å². The summed E-state index contributed by atoms with van der Waals surface area (Å²) in [6.07, 6.45) is 4.84. The summed E-state index contributed by atoms with van der Waals surface area (Å²) < 4.78 is 1.83. The number of hydrogen-bond donors (Lipinski definition) is 2. The zero-order valence-corrected chi connectivity index (χ0v) is 18.5. The molecule has 3 atom stereocenters. The molecule has 1 aliphatic carbocycles. The normalized spacial score (nSPS) is 23.1. The van der Waals surface area contributed by atoms with Gasteiger partial charge in [0.05, 0.1) is 30.4 Å². The number of nitrogens with one attached hydrogen (secondary N) is 1. The lowest BCUT2D eigenvalue weighted by molar-refractivity contribution is -0.123. The van der Waals surface area contributed by atoms with E-state index in [-0.39, 0.29) is 30.4 Å². The van der Waals surface area contributed by atoms with Crippen molar-refractivity contribution in [2.75, 3.05) is 13.1 Å². The summed E-state index contributed by atoms with van der Waals surface area (Å²) in [5, 5.41) is 18.3.